The van der Waals surface area contributed by atoms with Gasteiger partial charge in [0.15, 0.2) is 16.6 Å². The maximum absolute atomic E-state index is 5.32. The van der Waals surface area contributed by atoms with E-state index >= 15 is 0 Å². The van der Waals surface area contributed by atoms with Crippen LogP contribution in [0.25, 0.3) is 5.70 Å². The zero-order chi connectivity index (χ0) is 16.7. The molecule has 0 saturated carbocycles. The molecular weight excluding hydrogens is 302 g/mol. The lowest BCUT2D eigenvalue weighted by atomic mass is 10.1. The van der Waals surface area contributed by atoms with Gasteiger partial charge in [0.25, 0.3) is 0 Å². The average molecular weight is 325 g/mol. The van der Waals surface area contributed by atoms with Crippen LogP contribution in [-0.2, 0) is 0 Å². The molecule has 0 spiro atoms. The van der Waals surface area contributed by atoms with E-state index in [2.05, 4.69) is 22.7 Å². The number of rotatable bonds is 7. The molecule has 7 heteroatoms. The summed E-state index contributed by atoms with van der Waals surface area (Å²) in [7, 11) is 4.69. The fraction of sp³-hybridized carbons (Fsp3) is 0.400. The van der Waals surface area contributed by atoms with Gasteiger partial charge in [0.2, 0.25) is 5.75 Å². The van der Waals surface area contributed by atoms with Crippen LogP contribution >= 0.6 is 12.2 Å². The Morgan fingerprint density at radius 2 is 1.59 bits per heavy atom. The fourth-order valence-corrected chi connectivity index (χ4v) is 2.04. The molecule has 3 N–H and O–H groups in total. The van der Waals surface area contributed by atoms with Crippen LogP contribution in [0, 0.1) is 0 Å². The van der Waals surface area contributed by atoms with Gasteiger partial charge in [0.05, 0.1) is 27.0 Å². The molecule has 1 rings (SSSR count). The number of thiocarbonyl (C=S) groups is 1. The van der Waals surface area contributed by atoms with Gasteiger partial charge in [-0.05, 0) is 38.2 Å². The number of hydrogen-bond donors (Lipinski definition) is 3. The second kappa shape index (κ2) is 8.33. The smallest absolute Gasteiger partial charge is 0.203 e. The van der Waals surface area contributed by atoms with Gasteiger partial charge < -0.3 is 19.5 Å². The molecule has 0 bridgehead atoms. The maximum Gasteiger partial charge on any atom is 0.203 e. The standard InChI is InChI=1S/C15H23N3O3S/c1-9(2)16-15(22)18-17-10(3)11-7-12(19-4)14(21-6)13(8-11)20-5/h7-9,17H,3H2,1-2,4-6H3,(H2,16,18,22). The van der Waals surface area contributed by atoms with Crippen molar-refractivity contribution in [2.24, 2.45) is 0 Å². The quantitative estimate of drug-likeness (QED) is 0.524. The van der Waals surface area contributed by atoms with Crippen molar-refractivity contribution in [3.8, 4) is 17.2 Å². The molecule has 0 fully saturated rings. The number of methoxy groups -OCH3 is 3. The van der Waals surface area contributed by atoms with E-state index in [0.717, 1.165) is 5.56 Å². The molecule has 122 valence electrons. The van der Waals surface area contributed by atoms with Gasteiger partial charge in [-0.3, -0.25) is 10.9 Å². The minimum absolute atomic E-state index is 0.247. The number of ether oxygens (including phenoxy) is 3. The van der Waals surface area contributed by atoms with Gasteiger partial charge in [0.1, 0.15) is 0 Å². The summed E-state index contributed by atoms with van der Waals surface area (Å²) in [6, 6.07) is 3.85. The Morgan fingerprint density at radius 1 is 1.05 bits per heavy atom. The molecule has 0 heterocycles. The lowest BCUT2D eigenvalue weighted by Gasteiger charge is -2.18. The molecule has 6 nitrogen and oxygen atoms in total. The van der Waals surface area contributed by atoms with E-state index in [9.17, 15) is 0 Å². The number of benzene rings is 1. The molecule has 22 heavy (non-hydrogen) atoms. The minimum Gasteiger partial charge on any atom is -0.493 e. The fourth-order valence-electron chi connectivity index (χ4n) is 1.76. The van der Waals surface area contributed by atoms with Gasteiger partial charge in [-0.1, -0.05) is 6.58 Å². The number of hydrazine groups is 1. The van der Waals surface area contributed by atoms with E-state index < -0.39 is 0 Å². The Hall–Kier alpha value is -2.15. The molecule has 1 aromatic carbocycles. The third kappa shape index (κ3) is 4.70. The van der Waals surface area contributed by atoms with E-state index in [4.69, 9.17) is 26.4 Å². The molecule has 0 saturated heterocycles. The molecule has 0 aliphatic rings. The van der Waals surface area contributed by atoms with Crippen molar-refractivity contribution in [3.63, 3.8) is 0 Å². The highest BCUT2D eigenvalue weighted by Gasteiger charge is 2.14. The highest BCUT2D eigenvalue weighted by molar-refractivity contribution is 7.80. The highest BCUT2D eigenvalue weighted by Crippen LogP contribution is 2.39. The first-order chi connectivity index (χ1) is 10.4. The molecular formula is C15H23N3O3S. The number of nitrogens with one attached hydrogen (secondary N) is 3. The molecule has 0 aromatic heterocycles. The zero-order valence-electron chi connectivity index (χ0n) is 13.6. The highest BCUT2D eigenvalue weighted by atomic mass is 32.1. The monoisotopic (exact) mass is 325 g/mol. The summed E-state index contributed by atoms with van der Waals surface area (Å²) < 4.78 is 15.9. The van der Waals surface area contributed by atoms with Gasteiger partial charge in [-0.15, -0.1) is 0 Å². The van der Waals surface area contributed by atoms with E-state index in [0.29, 0.717) is 28.1 Å². The minimum atomic E-state index is 0.247. The van der Waals surface area contributed by atoms with Crippen LogP contribution < -0.4 is 30.4 Å². The van der Waals surface area contributed by atoms with Gasteiger partial charge in [-0.2, -0.15) is 0 Å². The summed E-state index contributed by atoms with van der Waals surface area (Å²) in [5.74, 6) is 1.65. The van der Waals surface area contributed by atoms with E-state index in [1.807, 2.05) is 13.8 Å². The summed E-state index contributed by atoms with van der Waals surface area (Å²) in [6.45, 7) is 7.97. The Kier molecular flexibility index (Phi) is 6.78. The third-order valence-corrected chi connectivity index (χ3v) is 2.98. The topological polar surface area (TPSA) is 63.8 Å². The van der Waals surface area contributed by atoms with Crippen LogP contribution in [0.1, 0.15) is 19.4 Å². The summed E-state index contributed by atoms with van der Waals surface area (Å²) in [6.07, 6.45) is 0. The molecule has 0 aliphatic carbocycles. The predicted molar refractivity (Wildman–Crippen MR) is 92.3 cm³/mol. The van der Waals surface area contributed by atoms with E-state index in [-0.39, 0.29) is 6.04 Å². The van der Waals surface area contributed by atoms with Crippen LogP contribution in [0.3, 0.4) is 0 Å². The molecule has 0 aliphatic heterocycles. The number of hydrogen-bond acceptors (Lipinski definition) is 5. The third-order valence-electron chi connectivity index (χ3n) is 2.76. The summed E-state index contributed by atoms with van der Waals surface area (Å²) in [4.78, 5) is 0. The Labute approximate surface area is 136 Å². The van der Waals surface area contributed by atoms with Crippen LogP contribution in [0.5, 0.6) is 17.2 Å². The lowest BCUT2D eigenvalue weighted by molar-refractivity contribution is 0.324. The SMILES string of the molecule is C=C(NNC(=S)NC(C)C)c1cc(OC)c(OC)c(OC)c1. The van der Waals surface area contributed by atoms with Crippen LogP contribution in [0.15, 0.2) is 18.7 Å². The van der Waals surface area contributed by atoms with Gasteiger partial charge in [-0.25, -0.2) is 0 Å². The lowest BCUT2D eigenvalue weighted by Crippen LogP contribution is -2.45. The molecule has 0 atom stereocenters. The van der Waals surface area contributed by atoms with Crippen molar-refractivity contribution in [2.45, 2.75) is 19.9 Å². The predicted octanol–water partition coefficient (Wildman–Crippen LogP) is 2.06. The summed E-state index contributed by atoms with van der Waals surface area (Å²) >= 11 is 5.14. The van der Waals surface area contributed by atoms with Crippen molar-refractivity contribution >= 4 is 23.0 Å². The Balaban J connectivity index is 2.87. The van der Waals surface area contributed by atoms with Crippen molar-refractivity contribution in [3.05, 3.63) is 24.3 Å². The second-order valence-electron chi connectivity index (χ2n) is 4.77. The summed E-state index contributed by atoms with van der Waals surface area (Å²) in [5.41, 5.74) is 7.22. The largest absolute Gasteiger partial charge is 0.493 e. The molecule has 0 radical (unpaired) electrons. The van der Waals surface area contributed by atoms with Crippen molar-refractivity contribution < 1.29 is 14.2 Å². The average Bonchev–Trinajstić information content (AvgIpc) is 2.50. The first-order valence-corrected chi connectivity index (χ1v) is 7.15. The zero-order valence-corrected chi connectivity index (χ0v) is 14.4. The van der Waals surface area contributed by atoms with E-state index in [1.165, 1.54) is 0 Å². The van der Waals surface area contributed by atoms with Gasteiger partial charge in [0, 0.05) is 11.6 Å². The van der Waals surface area contributed by atoms with Crippen LogP contribution in [0.2, 0.25) is 0 Å². The molecule has 1 aromatic rings. The van der Waals surface area contributed by atoms with Crippen molar-refractivity contribution in [1.29, 1.82) is 0 Å². The Bertz CT molecular complexity index is 522. The van der Waals surface area contributed by atoms with E-state index in [1.54, 1.807) is 33.5 Å². The molecule has 0 unspecified atom stereocenters. The van der Waals surface area contributed by atoms with Crippen molar-refractivity contribution in [2.75, 3.05) is 21.3 Å². The first kappa shape index (κ1) is 17.9. The first-order valence-electron chi connectivity index (χ1n) is 6.74. The maximum atomic E-state index is 5.32. The molecule has 0 amide bonds. The summed E-state index contributed by atoms with van der Waals surface area (Å²) in [5, 5.41) is 3.55. The Morgan fingerprint density at radius 3 is 2.00 bits per heavy atom. The van der Waals surface area contributed by atoms with Crippen LogP contribution in [-0.4, -0.2) is 32.5 Å². The normalized spacial score (nSPS) is 9.91. The second-order valence-corrected chi connectivity index (χ2v) is 5.18. The van der Waals surface area contributed by atoms with Gasteiger partial charge >= 0.3 is 0 Å². The van der Waals surface area contributed by atoms with Crippen molar-refractivity contribution in [1.82, 2.24) is 16.2 Å². The van der Waals surface area contributed by atoms with Crippen LogP contribution in [0.4, 0.5) is 0 Å².